The first-order chi connectivity index (χ1) is 16.0. The molecule has 33 heavy (non-hydrogen) atoms. The molecule has 0 bridgehead atoms. The summed E-state index contributed by atoms with van der Waals surface area (Å²) in [6.07, 6.45) is 0.587. The molecule has 0 fully saturated rings. The predicted octanol–water partition coefficient (Wildman–Crippen LogP) is 2.02. The van der Waals surface area contributed by atoms with Crippen LogP contribution in [0.5, 0.6) is 0 Å². The van der Waals surface area contributed by atoms with Gasteiger partial charge in [-0.3, -0.25) is 10.6 Å². The lowest BCUT2D eigenvalue weighted by molar-refractivity contribution is 0.145. The van der Waals surface area contributed by atoms with Crippen LogP contribution >= 0.6 is 0 Å². The van der Waals surface area contributed by atoms with Gasteiger partial charge in [0.15, 0.2) is 5.82 Å². The number of nitrogens with two attached hydrogens (primary N) is 2. The smallest absolute Gasteiger partial charge is 0.151 e. The van der Waals surface area contributed by atoms with Crippen molar-refractivity contribution in [3.8, 4) is 5.69 Å². The van der Waals surface area contributed by atoms with Crippen LogP contribution in [0.15, 0.2) is 66.1 Å². The summed E-state index contributed by atoms with van der Waals surface area (Å²) in [5.41, 5.74) is 17.8. The third kappa shape index (κ3) is 3.63. The van der Waals surface area contributed by atoms with Gasteiger partial charge in [0.05, 0.1) is 6.17 Å². The summed E-state index contributed by atoms with van der Waals surface area (Å²) in [5.74, 6) is 0.275. The fourth-order valence-corrected chi connectivity index (χ4v) is 4.99. The Hall–Kier alpha value is -3.11. The van der Waals surface area contributed by atoms with Crippen LogP contribution in [0.2, 0.25) is 0 Å². The van der Waals surface area contributed by atoms with E-state index in [4.69, 9.17) is 11.5 Å². The highest BCUT2D eigenvalue weighted by Gasteiger charge is 2.42. The van der Waals surface area contributed by atoms with Crippen molar-refractivity contribution >= 4 is 5.69 Å². The quantitative estimate of drug-likeness (QED) is 0.561. The van der Waals surface area contributed by atoms with E-state index in [0.717, 1.165) is 17.8 Å². The van der Waals surface area contributed by atoms with Gasteiger partial charge in [-0.25, -0.2) is 14.1 Å². The molecule has 2 aromatic carbocycles. The van der Waals surface area contributed by atoms with Crippen molar-refractivity contribution in [3.05, 3.63) is 83.3 Å². The van der Waals surface area contributed by atoms with E-state index in [2.05, 4.69) is 27.5 Å². The number of aromatic nitrogens is 3. The summed E-state index contributed by atoms with van der Waals surface area (Å²) in [7, 11) is 0. The maximum absolute atomic E-state index is 15.4. The van der Waals surface area contributed by atoms with E-state index < -0.39 is 12.1 Å². The van der Waals surface area contributed by atoms with Crippen molar-refractivity contribution < 1.29 is 4.39 Å². The number of aryl methyl sites for hydroxylation is 1. The average molecular weight is 449 g/mol. The lowest BCUT2D eigenvalue weighted by atomic mass is 9.86. The Balaban J connectivity index is 1.65. The fourth-order valence-electron chi connectivity index (χ4n) is 4.99. The molecule has 3 heterocycles. The van der Waals surface area contributed by atoms with Crippen molar-refractivity contribution in [2.75, 3.05) is 24.5 Å². The van der Waals surface area contributed by atoms with Crippen LogP contribution in [0, 0.1) is 12.7 Å². The standard InChI is InChI=1S/C24H29FN8/c1-3-31-23(26)19-13-28-12-18(16-7-5-4-6-8-16)22(19)32(24(31)27)17-9-10-21(20(25)11-17)33-15(2)29-14-30-33/h4-11,14,18,23-24,28H,3,12-13,26-27H2,1-2H3. The molecule has 0 amide bonds. The van der Waals surface area contributed by atoms with Gasteiger partial charge in [-0.2, -0.15) is 5.10 Å². The Morgan fingerprint density at radius 3 is 2.61 bits per heavy atom. The number of hydrogen-bond donors (Lipinski definition) is 3. The van der Waals surface area contributed by atoms with E-state index in [1.54, 1.807) is 13.0 Å². The Morgan fingerprint density at radius 2 is 1.94 bits per heavy atom. The average Bonchev–Trinajstić information content (AvgIpc) is 3.25. The molecule has 2 aliphatic rings. The molecule has 2 aliphatic heterocycles. The number of halogens is 1. The number of nitrogens with one attached hydrogen (secondary N) is 1. The van der Waals surface area contributed by atoms with Crippen molar-refractivity contribution in [2.24, 2.45) is 11.5 Å². The Bertz CT molecular complexity index is 1170. The van der Waals surface area contributed by atoms with Crippen LogP contribution in [0.3, 0.4) is 0 Å². The zero-order chi connectivity index (χ0) is 23.1. The van der Waals surface area contributed by atoms with Crippen LogP contribution in [0.4, 0.5) is 10.1 Å². The molecule has 0 aliphatic carbocycles. The van der Waals surface area contributed by atoms with Gasteiger partial charge in [-0.1, -0.05) is 37.3 Å². The van der Waals surface area contributed by atoms with E-state index >= 15 is 4.39 Å². The van der Waals surface area contributed by atoms with Gasteiger partial charge in [0.2, 0.25) is 0 Å². The van der Waals surface area contributed by atoms with Crippen LogP contribution in [-0.4, -0.2) is 51.8 Å². The summed E-state index contributed by atoms with van der Waals surface area (Å²) in [6, 6.07) is 15.4. The maximum Gasteiger partial charge on any atom is 0.151 e. The van der Waals surface area contributed by atoms with E-state index in [0.29, 0.717) is 30.3 Å². The molecule has 1 aromatic heterocycles. The molecule has 3 unspecified atom stereocenters. The fraction of sp³-hybridized carbons (Fsp3) is 0.333. The van der Waals surface area contributed by atoms with Crippen molar-refractivity contribution in [2.45, 2.75) is 32.2 Å². The molecule has 3 aromatic rings. The molecule has 0 spiro atoms. The first-order valence-electron chi connectivity index (χ1n) is 11.2. The highest BCUT2D eigenvalue weighted by atomic mass is 19.1. The van der Waals surface area contributed by atoms with Gasteiger partial charge < -0.3 is 16.0 Å². The zero-order valence-corrected chi connectivity index (χ0v) is 18.8. The van der Waals surface area contributed by atoms with Crippen molar-refractivity contribution in [1.29, 1.82) is 0 Å². The van der Waals surface area contributed by atoms with Crippen molar-refractivity contribution in [1.82, 2.24) is 25.0 Å². The van der Waals surface area contributed by atoms with Crippen molar-refractivity contribution in [3.63, 3.8) is 0 Å². The lowest BCUT2D eigenvalue weighted by Crippen LogP contribution is -2.66. The number of hydrogen-bond acceptors (Lipinski definition) is 7. The summed E-state index contributed by atoms with van der Waals surface area (Å²) in [5, 5.41) is 7.66. The number of benzene rings is 2. The summed E-state index contributed by atoms with van der Waals surface area (Å²) < 4.78 is 16.8. The largest absolute Gasteiger partial charge is 0.315 e. The van der Waals surface area contributed by atoms with E-state index in [-0.39, 0.29) is 12.1 Å². The van der Waals surface area contributed by atoms with E-state index in [1.165, 1.54) is 22.6 Å². The Labute approximate surface area is 192 Å². The number of likely N-dealkylation sites (N-methyl/N-ethyl adjacent to an activating group) is 1. The van der Waals surface area contributed by atoms with Gasteiger partial charge in [0.1, 0.15) is 24.1 Å². The number of anilines is 1. The summed E-state index contributed by atoms with van der Waals surface area (Å²) in [6.45, 7) is 5.91. The SMILES string of the molecule is CCN1C(N)C2=C(C(c3ccccc3)CNC2)N(c2ccc(-n3ncnc3C)c(F)c2)C1N. The summed E-state index contributed by atoms with van der Waals surface area (Å²) in [4.78, 5) is 8.18. The van der Waals surface area contributed by atoms with Gasteiger partial charge in [-0.05, 0) is 36.3 Å². The molecule has 0 radical (unpaired) electrons. The number of nitrogens with zero attached hydrogens (tertiary/aromatic N) is 5. The molecule has 0 saturated carbocycles. The molecule has 3 atom stereocenters. The highest BCUT2D eigenvalue weighted by molar-refractivity contribution is 5.61. The van der Waals surface area contributed by atoms with Crippen LogP contribution in [0.25, 0.3) is 5.69 Å². The minimum Gasteiger partial charge on any atom is -0.315 e. The van der Waals surface area contributed by atoms with E-state index in [1.807, 2.05) is 41.0 Å². The number of rotatable bonds is 4. The minimum absolute atomic E-state index is 0.0475. The second kappa shape index (κ2) is 8.68. The molecule has 8 nitrogen and oxygen atoms in total. The molecular weight excluding hydrogens is 419 g/mol. The van der Waals surface area contributed by atoms with Crippen LogP contribution in [0.1, 0.15) is 24.2 Å². The molecule has 0 saturated heterocycles. The van der Waals surface area contributed by atoms with Crippen LogP contribution in [-0.2, 0) is 0 Å². The molecule has 5 N–H and O–H groups in total. The predicted molar refractivity (Wildman–Crippen MR) is 126 cm³/mol. The second-order valence-corrected chi connectivity index (χ2v) is 8.42. The minimum atomic E-state index is -0.522. The van der Waals surface area contributed by atoms with Crippen LogP contribution < -0.4 is 21.7 Å². The molecule has 5 rings (SSSR count). The Morgan fingerprint density at radius 1 is 1.15 bits per heavy atom. The first-order valence-corrected chi connectivity index (χ1v) is 11.2. The topological polar surface area (TPSA) is 101 Å². The van der Waals surface area contributed by atoms with E-state index in [9.17, 15) is 0 Å². The second-order valence-electron chi connectivity index (χ2n) is 8.42. The molecule has 172 valence electrons. The molecule has 9 heteroatoms. The third-order valence-corrected chi connectivity index (χ3v) is 6.62. The van der Waals surface area contributed by atoms with Gasteiger partial charge in [0.25, 0.3) is 0 Å². The lowest BCUT2D eigenvalue weighted by Gasteiger charge is -2.51. The highest BCUT2D eigenvalue weighted by Crippen LogP contribution is 2.40. The monoisotopic (exact) mass is 448 g/mol. The summed E-state index contributed by atoms with van der Waals surface area (Å²) >= 11 is 0. The Kier molecular flexibility index (Phi) is 5.71. The normalized spacial score (nSPS) is 23.7. The van der Waals surface area contributed by atoms with Gasteiger partial charge in [0, 0.05) is 36.9 Å². The first kappa shape index (κ1) is 21.7. The molecular formula is C24H29FN8. The van der Waals surface area contributed by atoms with Gasteiger partial charge >= 0.3 is 0 Å². The maximum atomic E-state index is 15.4. The third-order valence-electron chi connectivity index (χ3n) is 6.62. The van der Waals surface area contributed by atoms with Gasteiger partial charge in [-0.15, -0.1) is 0 Å². The zero-order valence-electron chi connectivity index (χ0n) is 18.8.